The standard InChI is InChI=1S/C79H150O17P2/c1-5-9-13-17-21-25-29-33-36-40-43-47-51-55-59-63-76(81)89-69-74(95-78(83)65-61-57-53-49-45-39-32-28-24-20-16-12-8-4)71-93-97(85,86)91-67-73(80)68-92-98(87,88)94-72-75(96-79(84)66-62-58-54-50-46-42-38-35-31-27-23-19-15-11-7-3)70-90-77(82)64-60-56-52-48-44-41-37-34-30-26-22-18-14-10-6-2/h22,26,34,37,73-75,80H,5-21,23-25,27-33,35-36,38-72H2,1-4H3,(H,85,86)(H,87,88)/b26-22-,37-34-/t73-,74+,75+/m0/s1. The van der Waals surface area contributed by atoms with Crippen molar-refractivity contribution in [2.45, 2.75) is 418 Å². The highest BCUT2D eigenvalue weighted by Gasteiger charge is 2.30. The average Bonchev–Trinajstić information content (AvgIpc) is 1.04. The van der Waals surface area contributed by atoms with Gasteiger partial charge in [-0.1, -0.05) is 341 Å². The number of ether oxygens (including phenoxy) is 4. The monoisotopic (exact) mass is 1430 g/mol. The van der Waals surface area contributed by atoms with Gasteiger partial charge in [0.05, 0.1) is 26.4 Å². The molecule has 0 aromatic carbocycles. The van der Waals surface area contributed by atoms with Gasteiger partial charge in [0, 0.05) is 25.7 Å². The molecule has 0 amide bonds. The summed E-state index contributed by atoms with van der Waals surface area (Å²) in [6.45, 7) is 4.95. The molecule has 0 radical (unpaired) electrons. The number of hydrogen-bond acceptors (Lipinski definition) is 15. The molecule has 0 aliphatic heterocycles. The van der Waals surface area contributed by atoms with E-state index in [4.69, 9.17) is 37.0 Å². The third kappa shape index (κ3) is 71.9. The maximum absolute atomic E-state index is 13.1. The maximum Gasteiger partial charge on any atom is 0.472 e. The van der Waals surface area contributed by atoms with Crippen LogP contribution in [0.1, 0.15) is 400 Å². The number of phosphoric acid groups is 2. The number of esters is 4. The molecule has 0 aliphatic carbocycles. The van der Waals surface area contributed by atoms with Gasteiger partial charge < -0.3 is 33.8 Å². The van der Waals surface area contributed by atoms with E-state index in [2.05, 4.69) is 52.0 Å². The average molecular weight is 1430 g/mol. The Balaban J connectivity index is 5.29. The van der Waals surface area contributed by atoms with Crippen molar-refractivity contribution in [3.05, 3.63) is 24.3 Å². The first-order valence-corrected chi connectivity index (χ1v) is 43.6. The third-order valence-corrected chi connectivity index (χ3v) is 19.9. The molecular weight excluding hydrogens is 1280 g/mol. The van der Waals surface area contributed by atoms with Crippen molar-refractivity contribution >= 4 is 39.5 Å². The Morgan fingerprint density at radius 1 is 0.286 bits per heavy atom. The van der Waals surface area contributed by atoms with Crippen molar-refractivity contribution in [3.63, 3.8) is 0 Å². The van der Waals surface area contributed by atoms with Crippen LogP contribution in [0.15, 0.2) is 24.3 Å². The van der Waals surface area contributed by atoms with Crippen LogP contribution in [0.5, 0.6) is 0 Å². The first-order valence-electron chi connectivity index (χ1n) is 40.6. The molecule has 19 heteroatoms. The van der Waals surface area contributed by atoms with E-state index in [0.717, 1.165) is 116 Å². The van der Waals surface area contributed by atoms with Gasteiger partial charge in [-0.25, -0.2) is 9.13 Å². The van der Waals surface area contributed by atoms with Crippen LogP contribution in [0, 0.1) is 0 Å². The van der Waals surface area contributed by atoms with Crippen LogP contribution in [0.3, 0.4) is 0 Å². The van der Waals surface area contributed by atoms with Gasteiger partial charge in [0.15, 0.2) is 12.2 Å². The molecule has 2 unspecified atom stereocenters. The summed E-state index contributed by atoms with van der Waals surface area (Å²) in [4.78, 5) is 73.0. The van der Waals surface area contributed by atoms with E-state index in [9.17, 15) is 43.2 Å². The van der Waals surface area contributed by atoms with Crippen LogP contribution in [0.25, 0.3) is 0 Å². The van der Waals surface area contributed by atoms with Crippen molar-refractivity contribution in [1.82, 2.24) is 0 Å². The molecule has 578 valence electrons. The normalized spacial score (nSPS) is 14.0. The number of carbonyl (C=O) groups excluding carboxylic acids is 4. The maximum atomic E-state index is 13.1. The molecular formula is C79H150O17P2. The number of allylic oxidation sites excluding steroid dienone is 4. The zero-order chi connectivity index (χ0) is 71.8. The van der Waals surface area contributed by atoms with Crippen LogP contribution in [-0.2, 0) is 65.4 Å². The van der Waals surface area contributed by atoms with Gasteiger partial charge in [0.25, 0.3) is 0 Å². The number of aliphatic hydroxyl groups is 1. The van der Waals surface area contributed by atoms with Gasteiger partial charge in [-0.2, -0.15) is 0 Å². The summed E-state index contributed by atoms with van der Waals surface area (Å²) in [5, 5.41) is 10.6. The summed E-state index contributed by atoms with van der Waals surface area (Å²) in [6, 6.07) is 0. The third-order valence-electron chi connectivity index (χ3n) is 17.9. The fourth-order valence-corrected chi connectivity index (χ4v) is 13.3. The Kier molecular flexibility index (Phi) is 71.0. The van der Waals surface area contributed by atoms with E-state index >= 15 is 0 Å². The number of aliphatic hydroxyl groups excluding tert-OH is 1. The zero-order valence-corrected chi connectivity index (χ0v) is 65.0. The van der Waals surface area contributed by atoms with E-state index in [0.29, 0.717) is 25.7 Å². The van der Waals surface area contributed by atoms with Crippen molar-refractivity contribution in [1.29, 1.82) is 0 Å². The van der Waals surface area contributed by atoms with E-state index in [1.807, 2.05) is 0 Å². The molecule has 17 nitrogen and oxygen atoms in total. The summed E-state index contributed by atoms with van der Waals surface area (Å²) in [7, 11) is -9.93. The smallest absolute Gasteiger partial charge is 0.462 e. The first-order chi connectivity index (χ1) is 47.7. The number of phosphoric ester groups is 2. The molecule has 0 rings (SSSR count). The molecule has 0 saturated carbocycles. The molecule has 0 spiro atoms. The summed E-state index contributed by atoms with van der Waals surface area (Å²) in [5.74, 6) is -2.13. The van der Waals surface area contributed by atoms with Crippen LogP contribution >= 0.6 is 15.6 Å². The number of carbonyl (C=O) groups is 4. The van der Waals surface area contributed by atoms with Crippen molar-refractivity contribution < 1.29 is 80.2 Å². The van der Waals surface area contributed by atoms with Gasteiger partial charge in [0.2, 0.25) is 0 Å². The SMILES string of the molecule is CCCCC/C=C\C/C=C\CCCCCCCC(=O)OC[C@H](COP(=O)(O)OC[C@@H](O)COP(=O)(O)OC[C@@H](COC(=O)CCCCCCCCCCCCCCCCC)OC(=O)CCCCCCCCCCCCCCC)OC(=O)CCCCCCCCCCCCCCCCC. The van der Waals surface area contributed by atoms with E-state index in [-0.39, 0.29) is 25.7 Å². The summed E-state index contributed by atoms with van der Waals surface area (Å²) in [6.07, 6.45) is 67.2. The second-order valence-corrected chi connectivity index (χ2v) is 30.6. The second-order valence-electron chi connectivity index (χ2n) is 27.7. The predicted molar refractivity (Wildman–Crippen MR) is 400 cm³/mol. The molecule has 0 aliphatic rings. The van der Waals surface area contributed by atoms with Gasteiger partial charge in [-0.3, -0.25) is 37.3 Å². The lowest BCUT2D eigenvalue weighted by Crippen LogP contribution is -2.30. The first kappa shape index (κ1) is 95.5. The molecule has 0 fully saturated rings. The molecule has 0 aromatic heterocycles. The molecule has 0 aromatic rings. The largest absolute Gasteiger partial charge is 0.472 e. The van der Waals surface area contributed by atoms with Gasteiger partial charge in [-0.05, 0) is 57.8 Å². The Hall–Kier alpha value is -2.46. The minimum Gasteiger partial charge on any atom is -0.462 e. The van der Waals surface area contributed by atoms with Crippen molar-refractivity contribution in [3.8, 4) is 0 Å². The fraction of sp³-hybridized carbons (Fsp3) is 0.899. The zero-order valence-electron chi connectivity index (χ0n) is 63.2. The number of unbranched alkanes of at least 4 members (excludes halogenated alkanes) is 48. The quantitative estimate of drug-likeness (QED) is 0.0169. The lowest BCUT2D eigenvalue weighted by Gasteiger charge is -2.21. The molecule has 98 heavy (non-hydrogen) atoms. The highest BCUT2D eigenvalue weighted by atomic mass is 31.2. The van der Waals surface area contributed by atoms with Crippen molar-refractivity contribution in [2.75, 3.05) is 39.6 Å². The van der Waals surface area contributed by atoms with Crippen LogP contribution in [-0.4, -0.2) is 96.7 Å². The van der Waals surface area contributed by atoms with Crippen LogP contribution in [0.4, 0.5) is 0 Å². The van der Waals surface area contributed by atoms with Crippen LogP contribution in [0.2, 0.25) is 0 Å². The van der Waals surface area contributed by atoms with Gasteiger partial charge in [-0.15, -0.1) is 0 Å². The fourth-order valence-electron chi connectivity index (χ4n) is 11.7. The highest BCUT2D eigenvalue weighted by molar-refractivity contribution is 7.47. The predicted octanol–water partition coefficient (Wildman–Crippen LogP) is 23.3. The minimum absolute atomic E-state index is 0.102. The van der Waals surface area contributed by atoms with Crippen molar-refractivity contribution in [2.24, 2.45) is 0 Å². The minimum atomic E-state index is -4.96. The Bertz CT molecular complexity index is 1950. The van der Waals surface area contributed by atoms with Gasteiger partial charge >= 0.3 is 39.5 Å². The van der Waals surface area contributed by atoms with E-state index in [1.165, 1.54) is 205 Å². The lowest BCUT2D eigenvalue weighted by atomic mass is 10.0. The second kappa shape index (κ2) is 72.9. The number of hydrogen-bond donors (Lipinski definition) is 3. The Labute approximate surface area is 599 Å². The van der Waals surface area contributed by atoms with Crippen LogP contribution < -0.4 is 0 Å². The highest BCUT2D eigenvalue weighted by Crippen LogP contribution is 2.45. The molecule has 0 bridgehead atoms. The van der Waals surface area contributed by atoms with Gasteiger partial charge in [0.1, 0.15) is 19.3 Å². The summed E-state index contributed by atoms with van der Waals surface area (Å²) >= 11 is 0. The molecule has 3 N–H and O–H groups in total. The number of rotatable bonds is 78. The van der Waals surface area contributed by atoms with E-state index < -0.39 is 97.5 Å². The lowest BCUT2D eigenvalue weighted by molar-refractivity contribution is -0.161. The molecule has 0 heterocycles. The molecule has 0 saturated heterocycles. The molecule has 5 atom stereocenters. The Morgan fingerprint density at radius 2 is 0.500 bits per heavy atom. The topological polar surface area (TPSA) is 237 Å². The summed E-state index contributed by atoms with van der Waals surface area (Å²) in [5.41, 5.74) is 0. The summed E-state index contributed by atoms with van der Waals surface area (Å²) < 4.78 is 68.6. The Morgan fingerprint density at radius 3 is 0.776 bits per heavy atom. The van der Waals surface area contributed by atoms with E-state index in [1.54, 1.807) is 0 Å².